The van der Waals surface area contributed by atoms with Crippen molar-refractivity contribution in [3.8, 4) is 16.9 Å². The number of hydrogen-bond acceptors (Lipinski definition) is 6. The lowest BCUT2D eigenvalue weighted by atomic mass is 10.0. The molecule has 12 heteroatoms. The number of amides is 1. The number of hydrogen-bond donors (Lipinski definition) is 3. The molecule has 0 aromatic heterocycles. The van der Waals surface area contributed by atoms with E-state index in [1.807, 2.05) is 7.05 Å². The second-order valence-electron chi connectivity index (χ2n) is 9.40. The number of sulfonamides is 1. The molecule has 1 amide bonds. The summed E-state index contributed by atoms with van der Waals surface area (Å²) in [6, 6.07) is 15.1. The Morgan fingerprint density at radius 2 is 1.51 bits per heavy atom. The summed E-state index contributed by atoms with van der Waals surface area (Å²) in [6.45, 7) is 3.67. The number of anilines is 2. The molecule has 1 fully saturated rings. The Morgan fingerprint density at radius 3 is 2.10 bits per heavy atom. The van der Waals surface area contributed by atoms with Crippen LogP contribution >= 0.6 is 0 Å². The molecule has 3 N–H and O–H groups in total. The van der Waals surface area contributed by atoms with Crippen LogP contribution in [0.4, 0.5) is 24.5 Å². The van der Waals surface area contributed by atoms with Crippen molar-refractivity contribution in [1.82, 2.24) is 9.80 Å². The summed E-state index contributed by atoms with van der Waals surface area (Å²) in [6.07, 6.45) is -4.42. The van der Waals surface area contributed by atoms with Gasteiger partial charge in [0.25, 0.3) is 5.91 Å². The van der Waals surface area contributed by atoms with E-state index in [4.69, 9.17) is 0 Å². The number of aromatic hydroxyl groups is 1. The summed E-state index contributed by atoms with van der Waals surface area (Å²) in [7, 11) is -1.73. The Balaban J connectivity index is 1.38. The van der Waals surface area contributed by atoms with E-state index in [-0.39, 0.29) is 28.4 Å². The zero-order valence-corrected chi connectivity index (χ0v) is 22.0. The topological polar surface area (TPSA) is 102 Å². The van der Waals surface area contributed by atoms with E-state index in [9.17, 15) is 31.5 Å². The monoisotopic (exact) mass is 562 g/mol. The second-order valence-corrected chi connectivity index (χ2v) is 11.2. The highest BCUT2D eigenvalue weighted by Crippen LogP contribution is 2.31. The highest BCUT2D eigenvalue weighted by Gasteiger charge is 2.30. The summed E-state index contributed by atoms with van der Waals surface area (Å²) in [4.78, 5) is 17.0. The summed E-state index contributed by atoms with van der Waals surface area (Å²) in [5.41, 5.74) is 0.960. The fourth-order valence-electron chi connectivity index (χ4n) is 4.10. The number of nitrogens with one attached hydrogen (secondary N) is 2. The SMILES string of the molecule is CN1CCN(CCS(=O)(=O)Nc2cc(NC(=O)c3ccc(-c4ccc(C(F)(F)F)cc4)cc3)ccc2O)CC1. The zero-order chi connectivity index (χ0) is 28.2. The van der Waals surface area contributed by atoms with Crippen LogP contribution in [-0.2, 0) is 16.2 Å². The maximum Gasteiger partial charge on any atom is 0.416 e. The van der Waals surface area contributed by atoms with E-state index >= 15 is 0 Å². The van der Waals surface area contributed by atoms with E-state index in [1.54, 1.807) is 12.1 Å². The normalized spacial score (nSPS) is 15.2. The van der Waals surface area contributed by atoms with Crippen molar-refractivity contribution in [2.75, 3.05) is 55.6 Å². The number of phenols is 1. The molecule has 1 aliphatic heterocycles. The third kappa shape index (κ3) is 7.71. The molecule has 3 aromatic rings. The summed E-state index contributed by atoms with van der Waals surface area (Å²) in [5, 5.41) is 12.8. The molecule has 8 nitrogen and oxygen atoms in total. The van der Waals surface area contributed by atoms with Crippen molar-refractivity contribution >= 4 is 27.3 Å². The Morgan fingerprint density at radius 1 is 0.923 bits per heavy atom. The number of halogens is 3. The standard InChI is InChI=1S/C27H29F3N4O4S/c1-33-12-14-34(15-13-33)16-17-39(37,38)32-24-18-23(10-11-25(24)35)31-26(36)21-4-2-19(3-5-21)20-6-8-22(9-7-20)27(28,29)30/h2-11,18,32,35H,12-17H2,1H3,(H,31,36). The Labute approximate surface area is 225 Å². The molecule has 208 valence electrons. The first-order valence-corrected chi connectivity index (χ1v) is 13.9. The van der Waals surface area contributed by atoms with Gasteiger partial charge in [0.1, 0.15) is 5.75 Å². The number of carbonyl (C=O) groups is 1. The number of rotatable bonds is 8. The summed E-state index contributed by atoms with van der Waals surface area (Å²) >= 11 is 0. The molecule has 0 aliphatic carbocycles. The van der Waals surface area contributed by atoms with Crippen molar-refractivity contribution in [3.63, 3.8) is 0 Å². The Hall–Kier alpha value is -3.61. The van der Waals surface area contributed by atoms with Crippen LogP contribution in [0.1, 0.15) is 15.9 Å². The van der Waals surface area contributed by atoms with Gasteiger partial charge in [-0.2, -0.15) is 13.2 Å². The van der Waals surface area contributed by atoms with Crippen molar-refractivity contribution in [2.24, 2.45) is 0 Å². The van der Waals surface area contributed by atoms with Gasteiger partial charge in [-0.3, -0.25) is 14.4 Å². The van der Waals surface area contributed by atoms with Crippen molar-refractivity contribution < 1.29 is 31.5 Å². The van der Waals surface area contributed by atoms with E-state index in [0.29, 0.717) is 17.7 Å². The number of phenolic OH excluding ortho intramolecular Hbond substituents is 1. The third-order valence-corrected chi connectivity index (χ3v) is 7.74. The van der Waals surface area contributed by atoms with Crippen LogP contribution in [-0.4, -0.2) is 74.8 Å². The first-order valence-electron chi connectivity index (χ1n) is 12.2. The Kier molecular flexibility index (Phi) is 8.48. The highest BCUT2D eigenvalue weighted by molar-refractivity contribution is 7.92. The number of likely N-dealkylation sites (N-methyl/N-ethyl adjacent to an activating group) is 1. The van der Waals surface area contributed by atoms with Crippen LogP contribution in [0.3, 0.4) is 0 Å². The van der Waals surface area contributed by atoms with Gasteiger partial charge >= 0.3 is 6.18 Å². The molecule has 1 saturated heterocycles. The second kappa shape index (κ2) is 11.6. The lowest BCUT2D eigenvalue weighted by molar-refractivity contribution is -0.137. The molecule has 0 spiro atoms. The third-order valence-electron chi connectivity index (χ3n) is 6.48. The number of alkyl halides is 3. The Bertz CT molecular complexity index is 1400. The molecule has 0 bridgehead atoms. The zero-order valence-electron chi connectivity index (χ0n) is 21.2. The summed E-state index contributed by atoms with van der Waals surface area (Å²) < 4.78 is 66.0. The fourth-order valence-corrected chi connectivity index (χ4v) is 5.20. The van der Waals surface area contributed by atoms with Gasteiger partial charge in [-0.1, -0.05) is 24.3 Å². The average molecular weight is 563 g/mol. The maximum absolute atomic E-state index is 12.8. The number of nitrogens with zero attached hydrogens (tertiary/aromatic N) is 2. The first kappa shape index (κ1) is 28.4. The van der Waals surface area contributed by atoms with Gasteiger partial charge in [0.2, 0.25) is 10.0 Å². The lowest BCUT2D eigenvalue weighted by Gasteiger charge is -2.32. The predicted molar refractivity (Wildman–Crippen MR) is 144 cm³/mol. The van der Waals surface area contributed by atoms with E-state index in [1.165, 1.54) is 42.5 Å². The fraction of sp³-hybridized carbons (Fsp3) is 0.296. The van der Waals surface area contributed by atoms with Crippen LogP contribution in [0.15, 0.2) is 66.7 Å². The number of piperazine rings is 1. The molecule has 1 aliphatic rings. The minimum absolute atomic E-state index is 0.0520. The predicted octanol–water partition coefficient (Wildman–Crippen LogP) is 4.32. The van der Waals surface area contributed by atoms with Crippen LogP contribution in [0, 0.1) is 0 Å². The lowest BCUT2D eigenvalue weighted by Crippen LogP contribution is -2.46. The van der Waals surface area contributed by atoms with Gasteiger partial charge in [0.05, 0.1) is 17.0 Å². The summed E-state index contributed by atoms with van der Waals surface area (Å²) in [5.74, 6) is -0.904. The maximum atomic E-state index is 12.8. The van der Waals surface area contributed by atoms with Crippen LogP contribution in [0.5, 0.6) is 5.75 Å². The van der Waals surface area contributed by atoms with E-state index < -0.39 is 27.7 Å². The van der Waals surface area contributed by atoms with Gasteiger partial charge in [0, 0.05) is 44.0 Å². The van der Waals surface area contributed by atoms with Crippen molar-refractivity contribution in [3.05, 3.63) is 77.9 Å². The molecule has 3 aromatic carbocycles. The van der Waals surface area contributed by atoms with Crippen LogP contribution in [0.25, 0.3) is 11.1 Å². The van der Waals surface area contributed by atoms with Crippen molar-refractivity contribution in [2.45, 2.75) is 6.18 Å². The smallest absolute Gasteiger partial charge is 0.416 e. The number of carbonyl (C=O) groups excluding carboxylic acids is 1. The van der Waals surface area contributed by atoms with Gasteiger partial charge in [-0.15, -0.1) is 0 Å². The highest BCUT2D eigenvalue weighted by atomic mass is 32.2. The van der Waals surface area contributed by atoms with E-state index in [0.717, 1.165) is 38.3 Å². The minimum atomic E-state index is -4.42. The largest absolute Gasteiger partial charge is 0.506 e. The molecule has 0 unspecified atom stereocenters. The molecular weight excluding hydrogens is 533 g/mol. The molecule has 4 rings (SSSR count). The average Bonchev–Trinajstić information content (AvgIpc) is 2.90. The van der Waals surface area contributed by atoms with Gasteiger partial charge in [-0.25, -0.2) is 8.42 Å². The van der Waals surface area contributed by atoms with E-state index in [2.05, 4.69) is 19.8 Å². The minimum Gasteiger partial charge on any atom is -0.506 e. The van der Waals surface area contributed by atoms with Gasteiger partial charge in [0.15, 0.2) is 0 Å². The van der Waals surface area contributed by atoms with Crippen LogP contribution < -0.4 is 10.0 Å². The molecule has 0 atom stereocenters. The molecule has 0 saturated carbocycles. The molecule has 0 radical (unpaired) electrons. The van der Waals surface area contributed by atoms with Gasteiger partial charge < -0.3 is 15.3 Å². The van der Waals surface area contributed by atoms with Crippen molar-refractivity contribution in [1.29, 1.82) is 0 Å². The van der Waals surface area contributed by atoms with Crippen LogP contribution in [0.2, 0.25) is 0 Å². The molecular formula is C27H29F3N4O4S. The quantitative estimate of drug-likeness (QED) is 0.279. The molecule has 1 heterocycles. The first-order chi connectivity index (χ1) is 18.4. The van der Waals surface area contributed by atoms with Gasteiger partial charge in [-0.05, 0) is 60.6 Å². The number of benzene rings is 3. The molecule has 39 heavy (non-hydrogen) atoms.